The molecule has 1 aromatic rings. The van der Waals surface area contributed by atoms with Crippen molar-refractivity contribution in [2.24, 2.45) is 5.41 Å². The second-order valence-corrected chi connectivity index (χ2v) is 4.88. The van der Waals surface area contributed by atoms with Gasteiger partial charge in [0.05, 0.1) is 18.5 Å². The van der Waals surface area contributed by atoms with Crippen molar-refractivity contribution < 1.29 is 5.11 Å². The summed E-state index contributed by atoms with van der Waals surface area (Å²) in [6, 6.07) is 0. The summed E-state index contributed by atoms with van der Waals surface area (Å²) in [5, 5.41) is 13.1. The van der Waals surface area contributed by atoms with Crippen LogP contribution in [0.3, 0.4) is 0 Å². The van der Waals surface area contributed by atoms with Crippen LogP contribution in [-0.2, 0) is 0 Å². The number of hydrogen-bond donors (Lipinski definition) is 2. The lowest BCUT2D eigenvalue weighted by Crippen LogP contribution is -2.33. The van der Waals surface area contributed by atoms with Crippen LogP contribution < -0.4 is 5.32 Å². The van der Waals surface area contributed by atoms with Gasteiger partial charge in [-0.25, -0.2) is 4.98 Å². The molecule has 5 heteroatoms. The topological polar surface area (TPSA) is 58.0 Å². The molecule has 0 saturated heterocycles. The SMILES string of the molecule is CC(C)(C)[C@@H](O)CNc1cncc(Cl)n1. The average Bonchev–Trinajstić information content (AvgIpc) is 2.12. The highest BCUT2D eigenvalue weighted by Crippen LogP contribution is 2.19. The molecule has 1 rings (SSSR count). The fraction of sp³-hybridized carbons (Fsp3) is 0.600. The van der Waals surface area contributed by atoms with Gasteiger partial charge in [0.1, 0.15) is 11.0 Å². The van der Waals surface area contributed by atoms with Gasteiger partial charge >= 0.3 is 0 Å². The van der Waals surface area contributed by atoms with Crippen LogP contribution in [0.1, 0.15) is 20.8 Å². The molecule has 84 valence electrons. The van der Waals surface area contributed by atoms with Gasteiger partial charge in [0.15, 0.2) is 0 Å². The van der Waals surface area contributed by atoms with Gasteiger partial charge in [0, 0.05) is 6.54 Å². The van der Waals surface area contributed by atoms with Gasteiger partial charge in [-0.1, -0.05) is 32.4 Å². The molecular formula is C10H16ClN3O. The molecule has 0 amide bonds. The molecule has 1 atom stereocenters. The maximum Gasteiger partial charge on any atom is 0.149 e. The molecule has 4 nitrogen and oxygen atoms in total. The Labute approximate surface area is 94.7 Å². The third-order valence-corrected chi connectivity index (χ3v) is 2.26. The van der Waals surface area contributed by atoms with E-state index in [0.29, 0.717) is 17.5 Å². The van der Waals surface area contributed by atoms with E-state index >= 15 is 0 Å². The summed E-state index contributed by atoms with van der Waals surface area (Å²) in [5.41, 5.74) is -0.154. The van der Waals surface area contributed by atoms with E-state index in [1.807, 2.05) is 20.8 Å². The summed E-state index contributed by atoms with van der Waals surface area (Å²) in [4.78, 5) is 7.89. The number of aromatic nitrogens is 2. The van der Waals surface area contributed by atoms with Crippen LogP contribution >= 0.6 is 11.6 Å². The lowest BCUT2D eigenvalue weighted by molar-refractivity contribution is 0.0745. The van der Waals surface area contributed by atoms with E-state index in [-0.39, 0.29) is 5.41 Å². The normalized spacial score (nSPS) is 13.7. The summed E-state index contributed by atoms with van der Waals surface area (Å²) < 4.78 is 0. The molecule has 0 unspecified atom stereocenters. The van der Waals surface area contributed by atoms with Crippen LogP contribution in [0, 0.1) is 5.41 Å². The summed E-state index contributed by atoms with van der Waals surface area (Å²) in [5.74, 6) is 0.575. The van der Waals surface area contributed by atoms with E-state index in [9.17, 15) is 5.11 Å². The van der Waals surface area contributed by atoms with Crippen LogP contribution in [0.2, 0.25) is 5.15 Å². The Kier molecular flexibility index (Phi) is 3.88. The summed E-state index contributed by atoms with van der Waals surface area (Å²) in [7, 11) is 0. The predicted octanol–water partition coefficient (Wildman–Crippen LogP) is 1.95. The second kappa shape index (κ2) is 4.77. The Hall–Kier alpha value is -0.870. The molecular weight excluding hydrogens is 214 g/mol. The minimum Gasteiger partial charge on any atom is -0.391 e. The fourth-order valence-corrected chi connectivity index (χ4v) is 1.08. The molecule has 15 heavy (non-hydrogen) atoms. The molecule has 0 aliphatic carbocycles. The lowest BCUT2D eigenvalue weighted by Gasteiger charge is -2.25. The minimum absolute atomic E-state index is 0.154. The number of halogens is 1. The van der Waals surface area contributed by atoms with Crippen LogP contribution in [0.15, 0.2) is 12.4 Å². The number of aliphatic hydroxyl groups is 1. The van der Waals surface area contributed by atoms with Gasteiger partial charge in [0.25, 0.3) is 0 Å². The number of nitrogens with zero attached hydrogens (tertiary/aromatic N) is 2. The van der Waals surface area contributed by atoms with Crippen molar-refractivity contribution in [3.05, 3.63) is 17.5 Å². The molecule has 0 radical (unpaired) electrons. The zero-order valence-electron chi connectivity index (χ0n) is 9.16. The van der Waals surface area contributed by atoms with E-state index in [1.54, 1.807) is 6.20 Å². The Morgan fingerprint density at radius 3 is 2.67 bits per heavy atom. The molecule has 0 aliphatic heterocycles. The van der Waals surface area contributed by atoms with Crippen molar-refractivity contribution >= 4 is 17.4 Å². The highest BCUT2D eigenvalue weighted by atomic mass is 35.5. The maximum atomic E-state index is 9.77. The quantitative estimate of drug-likeness (QED) is 0.832. The first-order valence-corrected chi connectivity index (χ1v) is 5.17. The zero-order valence-corrected chi connectivity index (χ0v) is 9.91. The molecule has 1 aromatic heterocycles. The number of nitrogens with one attached hydrogen (secondary N) is 1. The molecule has 1 heterocycles. The Bertz CT molecular complexity index is 325. The van der Waals surface area contributed by atoms with Crippen molar-refractivity contribution in [2.75, 3.05) is 11.9 Å². The third kappa shape index (κ3) is 4.01. The Morgan fingerprint density at radius 2 is 2.13 bits per heavy atom. The highest BCUT2D eigenvalue weighted by Gasteiger charge is 2.21. The molecule has 0 aromatic carbocycles. The third-order valence-electron chi connectivity index (χ3n) is 2.08. The van der Waals surface area contributed by atoms with Crippen LogP contribution in [-0.4, -0.2) is 27.7 Å². The first kappa shape index (κ1) is 12.2. The fourth-order valence-electron chi connectivity index (χ4n) is 0.935. The van der Waals surface area contributed by atoms with Gasteiger partial charge in [-0.3, -0.25) is 4.98 Å². The van der Waals surface area contributed by atoms with Gasteiger partial charge in [0.2, 0.25) is 0 Å². The molecule has 2 N–H and O–H groups in total. The first-order valence-electron chi connectivity index (χ1n) is 4.79. The maximum absolute atomic E-state index is 9.77. The number of aliphatic hydroxyl groups excluding tert-OH is 1. The van der Waals surface area contributed by atoms with E-state index in [4.69, 9.17) is 11.6 Å². The Balaban J connectivity index is 2.51. The molecule has 0 spiro atoms. The largest absolute Gasteiger partial charge is 0.391 e. The van der Waals surface area contributed by atoms with Crippen molar-refractivity contribution in [1.29, 1.82) is 0 Å². The number of anilines is 1. The van der Waals surface area contributed by atoms with E-state index in [2.05, 4.69) is 15.3 Å². The van der Waals surface area contributed by atoms with Crippen LogP contribution in [0.5, 0.6) is 0 Å². The highest BCUT2D eigenvalue weighted by molar-refractivity contribution is 6.29. The molecule has 0 fully saturated rings. The molecule has 0 bridgehead atoms. The lowest BCUT2D eigenvalue weighted by atomic mass is 9.89. The monoisotopic (exact) mass is 229 g/mol. The average molecular weight is 230 g/mol. The number of rotatable bonds is 3. The van der Waals surface area contributed by atoms with Gasteiger partial charge in [-0.05, 0) is 5.41 Å². The van der Waals surface area contributed by atoms with Gasteiger partial charge in [-0.15, -0.1) is 0 Å². The zero-order chi connectivity index (χ0) is 11.5. The van der Waals surface area contributed by atoms with Crippen molar-refractivity contribution in [2.45, 2.75) is 26.9 Å². The van der Waals surface area contributed by atoms with E-state index in [1.165, 1.54) is 6.20 Å². The predicted molar refractivity (Wildman–Crippen MR) is 61.0 cm³/mol. The van der Waals surface area contributed by atoms with E-state index < -0.39 is 6.10 Å². The van der Waals surface area contributed by atoms with Crippen molar-refractivity contribution in [3.8, 4) is 0 Å². The number of hydrogen-bond acceptors (Lipinski definition) is 4. The van der Waals surface area contributed by atoms with Crippen molar-refractivity contribution in [1.82, 2.24) is 9.97 Å². The van der Waals surface area contributed by atoms with Crippen LogP contribution in [0.25, 0.3) is 0 Å². The van der Waals surface area contributed by atoms with Gasteiger partial charge in [-0.2, -0.15) is 0 Å². The second-order valence-electron chi connectivity index (χ2n) is 4.49. The summed E-state index contributed by atoms with van der Waals surface area (Å²) in [6.45, 7) is 6.35. The Morgan fingerprint density at radius 1 is 1.47 bits per heavy atom. The first-order chi connectivity index (χ1) is 6.89. The van der Waals surface area contributed by atoms with Gasteiger partial charge < -0.3 is 10.4 Å². The van der Waals surface area contributed by atoms with Crippen LogP contribution in [0.4, 0.5) is 5.82 Å². The standard InChI is InChI=1S/C10H16ClN3O/c1-10(2,3)7(15)4-13-9-6-12-5-8(11)14-9/h5-7,15H,4H2,1-3H3,(H,13,14)/t7-/m0/s1. The van der Waals surface area contributed by atoms with Crippen molar-refractivity contribution in [3.63, 3.8) is 0 Å². The molecule has 0 saturated carbocycles. The summed E-state index contributed by atoms with van der Waals surface area (Å²) in [6.07, 6.45) is 2.59. The summed E-state index contributed by atoms with van der Waals surface area (Å²) >= 11 is 5.67. The smallest absolute Gasteiger partial charge is 0.149 e. The van der Waals surface area contributed by atoms with E-state index in [0.717, 1.165) is 0 Å². The minimum atomic E-state index is -0.446. The molecule has 0 aliphatic rings.